The number of amides is 2. The van der Waals surface area contributed by atoms with Gasteiger partial charge in [-0.15, -0.1) is 0 Å². The first-order valence-corrected chi connectivity index (χ1v) is 12.2. The number of nitro benzene ring substituents is 1. The van der Waals surface area contributed by atoms with Gasteiger partial charge in [0.25, 0.3) is 17.5 Å². The molecule has 3 aromatic carbocycles. The molecule has 0 fully saturated rings. The average molecular weight is 528 g/mol. The zero-order valence-electron chi connectivity index (χ0n) is 21.3. The largest absolute Gasteiger partial charge is 0.493 e. The second-order valence-electron chi connectivity index (χ2n) is 8.92. The maximum atomic E-state index is 13.3. The Kier molecular flexibility index (Phi) is 7.00. The van der Waals surface area contributed by atoms with Crippen molar-refractivity contribution in [3.63, 3.8) is 0 Å². The fourth-order valence-corrected chi connectivity index (χ4v) is 4.57. The third kappa shape index (κ3) is 5.17. The second kappa shape index (κ2) is 10.7. The lowest BCUT2D eigenvalue weighted by Gasteiger charge is -2.29. The maximum absolute atomic E-state index is 13.3. The van der Waals surface area contributed by atoms with Crippen molar-refractivity contribution in [3.8, 4) is 22.8 Å². The zero-order chi connectivity index (χ0) is 27.5. The zero-order valence-corrected chi connectivity index (χ0v) is 21.3. The van der Waals surface area contributed by atoms with E-state index in [1.165, 1.54) is 24.3 Å². The number of para-hydroxylation sites is 1. The molecule has 1 aromatic heterocycles. The number of nitrogens with zero attached hydrogens (tertiary/aromatic N) is 2. The van der Waals surface area contributed by atoms with Gasteiger partial charge in [0.15, 0.2) is 17.3 Å². The molecule has 4 aromatic rings. The van der Waals surface area contributed by atoms with Crippen LogP contribution in [-0.4, -0.2) is 42.4 Å². The van der Waals surface area contributed by atoms with E-state index in [4.69, 9.17) is 13.9 Å². The Morgan fingerprint density at radius 3 is 2.44 bits per heavy atom. The molecule has 2 heterocycles. The summed E-state index contributed by atoms with van der Waals surface area (Å²) < 4.78 is 16.8. The fourth-order valence-electron chi connectivity index (χ4n) is 4.57. The minimum Gasteiger partial charge on any atom is -0.493 e. The number of methoxy groups -OCH3 is 2. The van der Waals surface area contributed by atoms with Crippen LogP contribution in [0.15, 0.2) is 77.2 Å². The molecule has 2 amide bonds. The highest BCUT2D eigenvalue weighted by Crippen LogP contribution is 2.34. The van der Waals surface area contributed by atoms with E-state index in [1.807, 2.05) is 12.1 Å². The summed E-state index contributed by atoms with van der Waals surface area (Å²) in [5.41, 5.74) is 3.06. The number of anilines is 1. The molecule has 10 nitrogen and oxygen atoms in total. The van der Waals surface area contributed by atoms with Gasteiger partial charge in [-0.05, 0) is 60.0 Å². The third-order valence-electron chi connectivity index (χ3n) is 6.58. The SMILES string of the molecule is COc1cc2c(cc1OC)CN(C(=O)c1ccc(-c3ccccc3NC(=O)c3cccc([N+](=O)[O-])c3)o1)CC2. The molecule has 0 unspecified atom stereocenters. The number of hydrogen-bond acceptors (Lipinski definition) is 7. The van der Waals surface area contributed by atoms with Crippen molar-refractivity contribution in [3.05, 3.63) is 105 Å². The Morgan fingerprint density at radius 1 is 0.949 bits per heavy atom. The molecule has 0 spiro atoms. The Bertz CT molecular complexity index is 1580. The van der Waals surface area contributed by atoms with E-state index in [0.29, 0.717) is 48.0 Å². The van der Waals surface area contributed by atoms with Crippen LogP contribution in [-0.2, 0) is 13.0 Å². The first kappa shape index (κ1) is 25.5. The topological polar surface area (TPSA) is 124 Å². The molecule has 39 heavy (non-hydrogen) atoms. The monoisotopic (exact) mass is 527 g/mol. The lowest BCUT2D eigenvalue weighted by molar-refractivity contribution is -0.384. The number of nitro groups is 1. The summed E-state index contributed by atoms with van der Waals surface area (Å²) >= 11 is 0. The molecule has 1 aliphatic rings. The van der Waals surface area contributed by atoms with E-state index in [9.17, 15) is 19.7 Å². The summed E-state index contributed by atoms with van der Waals surface area (Å²) in [6.45, 7) is 0.924. The van der Waals surface area contributed by atoms with Gasteiger partial charge in [0, 0.05) is 36.3 Å². The molecule has 0 saturated heterocycles. The van der Waals surface area contributed by atoms with Gasteiger partial charge in [0.2, 0.25) is 0 Å². The summed E-state index contributed by atoms with van der Waals surface area (Å²) in [5.74, 6) is 1.08. The summed E-state index contributed by atoms with van der Waals surface area (Å²) in [6.07, 6.45) is 0.668. The lowest BCUT2D eigenvalue weighted by Crippen LogP contribution is -2.35. The number of nitrogens with one attached hydrogen (secondary N) is 1. The Balaban J connectivity index is 1.35. The molecule has 198 valence electrons. The normalized spacial score (nSPS) is 12.4. The molecule has 0 radical (unpaired) electrons. The number of carbonyl (C=O) groups excluding carboxylic acids is 2. The Labute approximate surface area is 223 Å². The van der Waals surface area contributed by atoms with E-state index >= 15 is 0 Å². The van der Waals surface area contributed by atoms with Crippen LogP contribution in [0, 0.1) is 10.1 Å². The molecule has 0 aliphatic carbocycles. The fraction of sp³-hybridized carbons (Fsp3) is 0.172. The smallest absolute Gasteiger partial charge is 0.289 e. The highest BCUT2D eigenvalue weighted by molar-refractivity contribution is 6.06. The number of rotatable bonds is 7. The van der Waals surface area contributed by atoms with Crippen LogP contribution < -0.4 is 14.8 Å². The van der Waals surface area contributed by atoms with Gasteiger partial charge in [0.05, 0.1) is 24.8 Å². The molecular weight excluding hydrogens is 502 g/mol. The summed E-state index contributed by atoms with van der Waals surface area (Å²) in [7, 11) is 3.17. The minimum absolute atomic E-state index is 0.147. The van der Waals surface area contributed by atoms with Crippen molar-refractivity contribution in [2.24, 2.45) is 0 Å². The molecule has 10 heteroatoms. The predicted octanol–water partition coefficient (Wildman–Crippen LogP) is 5.32. The number of carbonyl (C=O) groups is 2. The highest BCUT2D eigenvalue weighted by Gasteiger charge is 2.26. The molecule has 5 rings (SSSR count). The molecule has 0 bridgehead atoms. The summed E-state index contributed by atoms with van der Waals surface area (Å²) in [6, 6.07) is 19.6. The predicted molar refractivity (Wildman–Crippen MR) is 143 cm³/mol. The molecule has 1 N–H and O–H groups in total. The first-order chi connectivity index (χ1) is 18.9. The Hall–Kier alpha value is -5.12. The summed E-state index contributed by atoms with van der Waals surface area (Å²) in [5, 5.41) is 13.9. The van der Waals surface area contributed by atoms with E-state index in [0.717, 1.165) is 11.1 Å². The van der Waals surface area contributed by atoms with Crippen molar-refractivity contribution >= 4 is 23.2 Å². The number of ether oxygens (including phenoxy) is 2. The van der Waals surface area contributed by atoms with E-state index < -0.39 is 10.8 Å². The standard InChI is InChI=1S/C29H25N3O7/c1-37-26-15-18-12-13-31(17-20(18)16-27(26)38-2)29(34)25-11-10-24(39-25)22-8-3-4-9-23(22)30-28(33)19-6-5-7-21(14-19)32(35)36/h3-11,14-16H,12-13,17H2,1-2H3,(H,30,33). The molecular formula is C29H25N3O7. The van der Waals surface area contributed by atoms with Gasteiger partial charge in [-0.25, -0.2) is 0 Å². The first-order valence-electron chi connectivity index (χ1n) is 12.2. The van der Waals surface area contributed by atoms with Crippen LogP contribution in [0.1, 0.15) is 32.0 Å². The number of fused-ring (bicyclic) bond motifs is 1. The van der Waals surface area contributed by atoms with Gasteiger partial charge in [0.1, 0.15) is 5.76 Å². The van der Waals surface area contributed by atoms with Gasteiger partial charge in [-0.3, -0.25) is 19.7 Å². The van der Waals surface area contributed by atoms with E-state index in [-0.39, 0.29) is 22.9 Å². The van der Waals surface area contributed by atoms with Crippen LogP contribution in [0.5, 0.6) is 11.5 Å². The van der Waals surface area contributed by atoms with Crippen molar-refractivity contribution < 1.29 is 28.4 Å². The van der Waals surface area contributed by atoms with E-state index in [2.05, 4.69) is 5.32 Å². The van der Waals surface area contributed by atoms with Crippen LogP contribution in [0.4, 0.5) is 11.4 Å². The molecule has 1 aliphatic heterocycles. The van der Waals surface area contributed by atoms with Gasteiger partial charge < -0.3 is 24.1 Å². The quantitative estimate of drug-likeness (QED) is 0.255. The van der Waals surface area contributed by atoms with Crippen LogP contribution >= 0.6 is 0 Å². The van der Waals surface area contributed by atoms with Crippen LogP contribution in [0.25, 0.3) is 11.3 Å². The van der Waals surface area contributed by atoms with Crippen molar-refractivity contribution in [1.29, 1.82) is 0 Å². The Morgan fingerprint density at radius 2 is 1.69 bits per heavy atom. The number of furan rings is 1. The van der Waals surface area contributed by atoms with Gasteiger partial charge in [-0.1, -0.05) is 18.2 Å². The maximum Gasteiger partial charge on any atom is 0.289 e. The van der Waals surface area contributed by atoms with Gasteiger partial charge >= 0.3 is 0 Å². The average Bonchev–Trinajstić information content (AvgIpc) is 3.46. The minimum atomic E-state index is -0.555. The number of benzene rings is 3. The van der Waals surface area contributed by atoms with Crippen LogP contribution in [0.3, 0.4) is 0 Å². The third-order valence-corrected chi connectivity index (χ3v) is 6.58. The van der Waals surface area contributed by atoms with Gasteiger partial charge in [-0.2, -0.15) is 0 Å². The van der Waals surface area contributed by atoms with Crippen LogP contribution in [0.2, 0.25) is 0 Å². The number of non-ortho nitro benzene ring substituents is 1. The van der Waals surface area contributed by atoms with Crippen molar-refractivity contribution in [2.75, 3.05) is 26.1 Å². The lowest BCUT2D eigenvalue weighted by atomic mass is 9.98. The highest BCUT2D eigenvalue weighted by atomic mass is 16.6. The van der Waals surface area contributed by atoms with Crippen molar-refractivity contribution in [1.82, 2.24) is 4.90 Å². The van der Waals surface area contributed by atoms with E-state index in [1.54, 1.807) is 55.5 Å². The molecule has 0 atom stereocenters. The summed E-state index contributed by atoms with van der Waals surface area (Å²) in [4.78, 5) is 38.4. The number of hydrogen-bond donors (Lipinski definition) is 1. The van der Waals surface area contributed by atoms with Crippen molar-refractivity contribution in [2.45, 2.75) is 13.0 Å². The molecule has 0 saturated carbocycles. The second-order valence-corrected chi connectivity index (χ2v) is 8.92.